The van der Waals surface area contributed by atoms with Crippen LogP contribution < -0.4 is 0 Å². The first-order valence-electron chi connectivity index (χ1n) is 3.99. The fourth-order valence-corrected chi connectivity index (χ4v) is 0.880. The van der Waals surface area contributed by atoms with Gasteiger partial charge in [-0.15, -0.1) is 0 Å². The van der Waals surface area contributed by atoms with Crippen molar-refractivity contribution in [1.29, 1.82) is 0 Å². The van der Waals surface area contributed by atoms with Gasteiger partial charge in [0.15, 0.2) is 0 Å². The monoisotopic (exact) mass is 282 g/mol. The van der Waals surface area contributed by atoms with Gasteiger partial charge in [-0.3, -0.25) is 4.79 Å². The van der Waals surface area contributed by atoms with Crippen molar-refractivity contribution in [2.45, 2.75) is 45.4 Å². The van der Waals surface area contributed by atoms with Crippen LogP contribution in [-0.2, 0) is 4.79 Å². The summed E-state index contributed by atoms with van der Waals surface area (Å²) in [7, 11) is 0. The first-order valence-corrected chi connectivity index (χ1v) is 3.99. The average molecular weight is 282 g/mol. The van der Waals surface area contributed by atoms with E-state index >= 15 is 0 Å². The Hall–Kier alpha value is 1.04. The average Bonchev–Trinajstić information content (AvgIpc) is 1.87. The van der Waals surface area contributed by atoms with Gasteiger partial charge < -0.3 is 5.11 Å². The second kappa shape index (κ2) is 11.0. The van der Waals surface area contributed by atoms with E-state index in [1.165, 1.54) is 19.3 Å². The minimum Gasteiger partial charge on any atom is -0.481 e. The summed E-state index contributed by atoms with van der Waals surface area (Å²) >= 11 is 0. The number of carboxylic acids is 1. The molecule has 0 saturated heterocycles. The van der Waals surface area contributed by atoms with Gasteiger partial charge in [0.25, 0.3) is 0 Å². The molecule has 0 fully saturated rings. The number of carboxylic acid groups (broad SMARTS) is 1. The molecule has 0 atom stereocenters. The van der Waals surface area contributed by atoms with Gasteiger partial charge in [-0.05, 0) is 6.42 Å². The standard InChI is InChI=1S/C8H16O2.Ba/c1-2-3-4-5-6-7-8(9)10;/h2-7H2,1H3,(H,9,10);. The van der Waals surface area contributed by atoms with E-state index in [0.29, 0.717) is 6.42 Å². The molecule has 0 aliphatic rings. The van der Waals surface area contributed by atoms with Crippen molar-refractivity contribution in [2.75, 3.05) is 0 Å². The molecule has 2 radical (unpaired) electrons. The van der Waals surface area contributed by atoms with E-state index in [4.69, 9.17) is 5.11 Å². The maximum Gasteiger partial charge on any atom is 0.303 e. The number of carbonyl (C=O) groups is 1. The Labute approximate surface area is 109 Å². The van der Waals surface area contributed by atoms with E-state index in [1.807, 2.05) is 0 Å². The molecular weight excluding hydrogens is 265 g/mol. The minimum atomic E-state index is -0.670. The van der Waals surface area contributed by atoms with Crippen LogP contribution in [0, 0.1) is 0 Å². The number of aliphatic carboxylic acids is 1. The fourth-order valence-electron chi connectivity index (χ4n) is 0.880. The molecule has 0 bridgehead atoms. The molecule has 0 saturated carbocycles. The molecule has 1 N–H and O–H groups in total. The molecule has 0 unspecified atom stereocenters. The van der Waals surface area contributed by atoms with E-state index in [-0.39, 0.29) is 48.9 Å². The maximum atomic E-state index is 10.0. The molecule has 0 aliphatic carbocycles. The van der Waals surface area contributed by atoms with Crippen LogP contribution in [-0.4, -0.2) is 60.0 Å². The van der Waals surface area contributed by atoms with E-state index in [9.17, 15) is 4.79 Å². The number of hydrogen-bond acceptors (Lipinski definition) is 1. The molecule has 0 spiro atoms. The SMILES string of the molecule is CCCCCCCC(=O)O.[Ba]. The molecular formula is C8H16BaO2. The van der Waals surface area contributed by atoms with Gasteiger partial charge in [-0.25, -0.2) is 0 Å². The normalized spacial score (nSPS) is 8.82. The molecule has 0 aliphatic heterocycles. The van der Waals surface area contributed by atoms with Crippen molar-refractivity contribution in [3.05, 3.63) is 0 Å². The van der Waals surface area contributed by atoms with Crippen LogP contribution in [0.5, 0.6) is 0 Å². The summed E-state index contributed by atoms with van der Waals surface area (Å²) in [5, 5.41) is 8.27. The second-order valence-corrected chi connectivity index (χ2v) is 2.56. The van der Waals surface area contributed by atoms with Gasteiger partial charge in [-0.2, -0.15) is 0 Å². The van der Waals surface area contributed by atoms with E-state index in [0.717, 1.165) is 12.8 Å². The number of rotatable bonds is 6. The molecule has 0 aromatic heterocycles. The number of unbranched alkanes of at least 4 members (excludes halogenated alkanes) is 4. The first kappa shape index (κ1) is 14.6. The van der Waals surface area contributed by atoms with Gasteiger partial charge in [0.2, 0.25) is 0 Å². The zero-order chi connectivity index (χ0) is 7.82. The zero-order valence-electron chi connectivity index (χ0n) is 7.31. The Balaban J connectivity index is 0. The summed E-state index contributed by atoms with van der Waals surface area (Å²) in [6.45, 7) is 2.15. The topological polar surface area (TPSA) is 37.3 Å². The third kappa shape index (κ3) is 14.0. The van der Waals surface area contributed by atoms with Gasteiger partial charge in [0.1, 0.15) is 0 Å². The molecule has 11 heavy (non-hydrogen) atoms. The van der Waals surface area contributed by atoms with Crippen LogP contribution in [0.15, 0.2) is 0 Å². The zero-order valence-corrected chi connectivity index (χ0v) is 11.7. The van der Waals surface area contributed by atoms with Gasteiger partial charge in [-0.1, -0.05) is 32.6 Å². The Morgan fingerprint density at radius 3 is 2.18 bits per heavy atom. The van der Waals surface area contributed by atoms with Gasteiger partial charge in [0.05, 0.1) is 0 Å². The molecule has 2 nitrogen and oxygen atoms in total. The molecule has 0 heterocycles. The van der Waals surface area contributed by atoms with E-state index in [1.54, 1.807) is 0 Å². The summed E-state index contributed by atoms with van der Waals surface area (Å²) in [6, 6.07) is 0. The van der Waals surface area contributed by atoms with Crippen LogP contribution in [0.3, 0.4) is 0 Å². The summed E-state index contributed by atoms with van der Waals surface area (Å²) in [6.07, 6.45) is 5.88. The van der Waals surface area contributed by atoms with Crippen LogP contribution in [0.25, 0.3) is 0 Å². The Morgan fingerprint density at radius 1 is 1.18 bits per heavy atom. The van der Waals surface area contributed by atoms with Crippen molar-refractivity contribution in [3.63, 3.8) is 0 Å². The van der Waals surface area contributed by atoms with Crippen LogP contribution in [0.4, 0.5) is 0 Å². The summed E-state index contributed by atoms with van der Waals surface area (Å²) in [5.74, 6) is -0.670. The molecule has 0 aromatic rings. The van der Waals surface area contributed by atoms with Crippen molar-refractivity contribution < 1.29 is 9.90 Å². The van der Waals surface area contributed by atoms with Gasteiger partial charge >= 0.3 is 5.97 Å². The molecule has 0 rings (SSSR count). The van der Waals surface area contributed by atoms with Crippen molar-refractivity contribution in [1.82, 2.24) is 0 Å². The smallest absolute Gasteiger partial charge is 0.303 e. The van der Waals surface area contributed by atoms with Crippen LogP contribution in [0.1, 0.15) is 45.4 Å². The van der Waals surface area contributed by atoms with Crippen molar-refractivity contribution >= 4 is 54.9 Å². The fraction of sp³-hybridized carbons (Fsp3) is 0.875. The molecule has 0 aromatic carbocycles. The Bertz CT molecular complexity index is 94.1. The largest absolute Gasteiger partial charge is 0.481 e. The minimum absolute atomic E-state index is 0. The second-order valence-electron chi connectivity index (χ2n) is 2.56. The van der Waals surface area contributed by atoms with Gasteiger partial charge in [0, 0.05) is 55.3 Å². The molecule has 62 valence electrons. The first-order chi connectivity index (χ1) is 4.77. The number of hydrogen-bond donors (Lipinski definition) is 1. The molecule has 3 heteroatoms. The third-order valence-corrected chi connectivity index (χ3v) is 1.49. The molecule has 0 amide bonds. The van der Waals surface area contributed by atoms with Crippen LogP contribution in [0.2, 0.25) is 0 Å². The van der Waals surface area contributed by atoms with E-state index < -0.39 is 5.97 Å². The van der Waals surface area contributed by atoms with Crippen molar-refractivity contribution in [2.24, 2.45) is 0 Å². The van der Waals surface area contributed by atoms with Crippen LogP contribution >= 0.6 is 0 Å². The summed E-state index contributed by atoms with van der Waals surface area (Å²) in [5.41, 5.74) is 0. The quantitative estimate of drug-likeness (QED) is 0.598. The summed E-state index contributed by atoms with van der Waals surface area (Å²) < 4.78 is 0. The maximum absolute atomic E-state index is 10.0. The predicted molar refractivity (Wildman–Crippen MR) is 46.8 cm³/mol. The summed E-state index contributed by atoms with van der Waals surface area (Å²) in [4.78, 5) is 10.0. The Morgan fingerprint density at radius 2 is 1.73 bits per heavy atom. The third-order valence-electron chi connectivity index (χ3n) is 1.49. The van der Waals surface area contributed by atoms with Crippen molar-refractivity contribution in [3.8, 4) is 0 Å². The Kier molecular flexibility index (Phi) is 14.6. The van der Waals surface area contributed by atoms with E-state index in [2.05, 4.69) is 6.92 Å². The predicted octanol–water partition coefficient (Wildman–Crippen LogP) is 2.05.